The summed E-state index contributed by atoms with van der Waals surface area (Å²) in [6.07, 6.45) is 3.29. The first-order valence-electron chi connectivity index (χ1n) is 6.26. The molecule has 0 spiro atoms. The van der Waals surface area contributed by atoms with Crippen molar-refractivity contribution in [3.05, 3.63) is 45.4 Å². The minimum Gasteiger partial charge on any atom is -0.347 e. The summed E-state index contributed by atoms with van der Waals surface area (Å²) in [7, 11) is 1.53. The van der Waals surface area contributed by atoms with Crippen LogP contribution in [0.4, 0.5) is 0 Å². The number of carbonyl (C=O) groups excluding carboxylic acids is 1. The van der Waals surface area contributed by atoms with E-state index in [9.17, 15) is 9.59 Å². The number of nitrogens with zero attached hydrogens (tertiary/aromatic N) is 3. The second-order valence-corrected chi connectivity index (χ2v) is 4.68. The Morgan fingerprint density at radius 1 is 1.45 bits per heavy atom. The van der Waals surface area contributed by atoms with Gasteiger partial charge in [-0.3, -0.25) is 9.59 Å². The van der Waals surface area contributed by atoms with E-state index in [1.54, 1.807) is 33.2 Å². The molecule has 7 heteroatoms. The monoisotopic (exact) mass is 275 g/mol. The Balaban J connectivity index is 2.33. The maximum absolute atomic E-state index is 12.3. The predicted molar refractivity (Wildman–Crippen MR) is 73.4 cm³/mol. The first kappa shape index (κ1) is 14.0. The van der Waals surface area contributed by atoms with Crippen LogP contribution in [0.3, 0.4) is 0 Å². The number of imidazole rings is 1. The minimum absolute atomic E-state index is 0.124. The van der Waals surface area contributed by atoms with E-state index in [0.717, 1.165) is 0 Å². The lowest BCUT2D eigenvalue weighted by Crippen LogP contribution is -2.36. The molecule has 106 valence electrons. The highest BCUT2D eigenvalue weighted by Crippen LogP contribution is 2.10. The second kappa shape index (κ2) is 5.28. The molecule has 0 aliphatic heterocycles. The molecule has 1 unspecified atom stereocenters. The van der Waals surface area contributed by atoms with E-state index in [0.29, 0.717) is 17.1 Å². The van der Waals surface area contributed by atoms with E-state index in [4.69, 9.17) is 0 Å². The fourth-order valence-electron chi connectivity index (χ4n) is 1.97. The topological polar surface area (TPSA) is 92.7 Å². The zero-order valence-corrected chi connectivity index (χ0v) is 11.9. The van der Waals surface area contributed by atoms with Crippen LogP contribution in [-0.2, 0) is 7.05 Å². The zero-order chi connectivity index (χ0) is 14.9. The van der Waals surface area contributed by atoms with Crippen LogP contribution < -0.4 is 10.9 Å². The summed E-state index contributed by atoms with van der Waals surface area (Å²) < 4.78 is 1.18. The van der Waals surface area contributed by atoms with Gasteiger partial charge in [-0.2, -0.15) is 5.10 Å². The fraction of sp³-hybridized carbons (Fsp3) is 0.385. The Bertz CT molecular complexity index is 688. The number of hydrogen-bond acceptors (Lipinski definition) is 4. The van der Waals surface area contributed by atoms with Crippen molar-refractivity contribution in [2.75, 3.05) is 0 Å². The highest BCUT2D eigenvalue weighted by Gasteiger charge is 2.20. The smallest absolute Gasteiger partial charge is 0.279 e. The molecule has 2 aromatic heterocycles. The van der Waals surface area contributed by atoms with Crippen molar-refractivity contribution in [2.24, 2.45) is 7.05 Å². The van der Waals surface area contributed by atoms with Crippen LogP contribution in [-0.4, -0.2) is 25.7 Å². The van der Waals surface area contributed by atoms with E-state index in [-0.39, 0.29) is 11.6 Å². The molecule has 0 bridgehead atoms. The van der Waals surface area contributed by atoms with Gasteiger partial charge in [-0.25, -0.2) is 9.67 Å². The quantitative estimate of drug-likeness (QED) is 0.858. The SMILES string of the molecule is Cc1nn(C)c(=O)c(C(=O)NC(C)c2ncc[nH]2)c1C. The van der Waals surface area contributed by atoms with Crippen molar-refractivity contribution in [3.63, 3.8) is 0 Å². The first-order chi connectivity index (χ1) is 9.41. The molecule has 2 rings (SSSR count). The van der Waals surface area contributed by atoms with Crippen molar-refractivity contribution in [1.29, 1.82) is 0 Å². The largest absolute Gasteiger partial charge is 0.347 e. The first-order valence-corrected chi connectivity index (χ1v) is 6.26. The summed E-state index contributed by atoms with van der Waals surface area (Å²) >= 11 is 0. The Kier molecular flexibility index (Phi) is 3.69. The molecule has 2 aromatic rings. The lowest BCUT2D eigenvalue weighted by Gasteiger charge is -2.13. The van der Waals surface area contributed by atoms with Gasteiger partial charge in [-0.15, -0.1) is 0 Å². The molecule has 0 radical (unpaired) electrons. The maximum atomic E-state index is 12.3. The van der Waals surface area contributed by atoms with E-state index in [1.807, 2.05) is 0 Å². The van der Waals surface area contributed by atoms with Crippen molar-refractivity contribution >= 4 is 5.91 Å². The van der Waals surface area contributed by atoms with E-state index >= 15 is 0 Å². The minimum atomic E-state index is -0.419. The van der Waals surface area contributed by atoms with Crippen molar-refractivity contribution in [2.45, 2.75) is 26.8 Å². The molecular weight excluding hydrogens is 258 g/mol. The Hall–Kier alpha value is -2.44. The van der Waals surface area contributed by atoms with Crippen molar-refractivity contribution in [3.8, 4) is 0 Å². The highest BCUT2D eigenvalue weighted by atomic mass is 16.2. The van der Waals surface area contributed by atoms with Crippen LogP contribution in [0.2, 0.25) is 0 Å². The molecule has 0 fully saturated rings. The maximum Gasteiger partial charge on any atom is 0.279 e. The van der Waals surface area contributed by atoms with Crippen molar-refractivity contribution in [1.82, 2.24) is 25.1 Å². The number of aromatic amines is 1. The average molecular weight is 275 g/mol. The third-order valence-electron chi connectivity index (χ3n) is 3.23. The van der Waals surface area contributed by atoms with Crippen LogP contribution >= 0.6 is 0 Å². The number of hydrogen-bond donors (Lipinski definition) is 2. The van der Waals surface area contributed by atoms with Gasteiger partial charge in [0.2, 0.25) is 0 Å². The van der Waals surface area contributed by atoms with E-state index in [2.05, 4.69) is 20.4 Å². The van der Waals surface area contributed by atoms with Gasteiger partial charge in [0.15, 0.2) is 0 Å². The summed E-state index contributed by atoms with van der Waals surface area (Å²) in [5.41, 5.74) is 0.968. The van der Waals surface area contributed by atoms with Gasteiger partial charge in [-0.1, -0.05) is 0 Å². The van der Waals surface area contributed by atoms with Crippen LogP contribution in [0.1, 0.15) is 40.4 Å². The summed E-state index contributed by atoms with van der Waals surface area (Å²) in [6.45, 7) is 5.28. The van der Waals surface area contributed by atoms with Crippen LogP contribution in [0.5, 0.6) is 0 Å². The molecule has 0 aromatic carbocycles. The van der Waals surface area contributed by atoms with Gasteiger partial charge in [0.25, 0.3) is 11.5 Å². The molecule has 0 aliphatic carbocycles. The highest BCUT2D eigenvalue weighted by molar-refractivity contribution is 5.95. The van der Waals surface area contributed by atoms with Gasteiger partial charge < -0.3 is 10.3 Å². The lowest BCUT2D eigenvalue weighted by molar-refractivity contribution is 0.0935. The number of nitrogens with one attached hydrogen (secondary N) is 2. The zero-order valence-electron chi connectivity index (χ0n) is 11.9. The number of amides is 1. The summed E-state index contributed by atoms with van der Waals surface area (Å²) in [4.78, 5) is 31.4. The van der Waals surface area contributed by atoms with E-state index < -0.39 is 11.5 Å². The normalized spacial score (nSPS) is 12.2. The molecule has 1 atom stereocenters. The van der Waals surface area contributed by atoms with Crippen LogP contribution in [0.25, 0.3) is 0 Å². The number of H-pyrrole nitrogens is 1. The summed E-state index contributed by atoms with van der Waals surface area (Å²) in [6, 6.07) is -0.310. The molecular formula is C13H17N5O2. The number of aryl methyl sites for hydroxylation is 2. The van der Waals surface area contributed by atoms with Crippen molar-refractivity contribution < 1.29 is 4.79 Å². The second-order valence-electron chi connectivity index (χ2n) is 4.68. The van der Waals surface area contributed by atoms with Gasteiger partial charge >= 0.3 is 0 Å². The standard InChI is InChI=1S/C13H17N5O2/c1-7-8(2)17-18(4)13(20)10(7)12(19)16-9(3)11-14-5-6-15-11/h5-6,9H,1-4H3,(H,14,15)(H,16,19). The van der Waals surface area contributed by atoms with Crippen LogP contribution in [0, 0.1) is 13.8 Å². The molecule has 0 saturated carbocycles. The molecule has 0 aliphatic rings. The van der Waals surface area contributed by atoms with Crippen LogP contribution in [0.15, 0.2) is 17.2 Å². The third-order valence-corrected chi connectivity index (χ3v) is 3.23. The Morgan fingerprint density at radius 3 is 2.75 bits per heavy atom. The van der Waals surface area contributed by atoms with Gasteiger partial charge in [0, 0.05) is 19.4 Å². The number of carbonyl (C=O) groups is 1. The lowest BCUT2D eigenvalue weighted by atomic mass is 10.1. The van der Waals surface area contributed by atoms with Gasteiger partial charge in [0.05, 0.1) is 11.7 Å². The molecule has 1 amide bonds. The van der Waals surface area contributed by atoms with Gasteiger partial charge in [0.1, 0.15) is 11.4 Å². The molecule has 20 heavy (non-hydrogen) atoms. The number of rotatable bonds is 3. The van der Waals surface area contributed by atoms with E-state index in [1.165, 1.54) is 11.7 Å². The summed E-state index contributed by atoms with van der Waals surface area (Å²) in [5.74, 6) is 0.219. The third kappa shape index (κ3) is 2.47. The average Bonchev–Trinajstić information content (AvgIpc) is 2.90. The molecule has 0 saturated heterocycles. The van der Waals surface area contributed by atoms with Gasteiger partial charge in [-0.05, 0) is 26.3 Å². The Labute approximate surface area is 116 Å². The summed E-state index contributed by atoms with van der Waals surface area (Å²) in [5, 5.41) is 6.81. The molecule has 2 heterocycles. The molecule has 2 N–H and O–H groups in total. The number of aromatic nitrogens is 4. The Morgan fingerprint density at radius 2 is 2.15 bits per heavy atom. The molecule has 7 nitrogen and oxygen atoms in total. The predicted octanol–water partition coefficient (Wildman–Crippen LogP) is 0.611. The fourth-order valence-corrected chi connectivity index (χ4v) is 1.97.